The number of phenols is 1. The van der Waals surface area contributed by atoms with E-state index in [1.165, 1.54) is 44.2 Å². The van der Waals surface area contributed by atoms with E-state index in [0.29, 0.717) is 12.2 Å². The summed E-state index contributed by atoms with van der Waals surface area (Å²) in [5, 5.41) is 9.38. The highest BCUT2D eigenvalue weighted by molar-refractivity contribution is 5.65. The van der Waals surface area contributed by atoms with Gasteiger partial charge in [-0.1, -0.05) is 64.0 Å². The van der Waals surface area contributed by atoms with Crippen molar-refractivity contribution in [1.29, 1.82) is 0 Å². The average molecular weight is 441 g/mol. The van der Waals surface area contributed by atoms with Crippen molar-refractivity contribution < 1.29 is 18.6 Å². The normalized spacial score (nSPS) is 11.0. The fourth-order valence-corrected chi connectivity index (χ4v) is 3.50. The second-order valence-corrected chi connectivity index (χ2v) is 7.90. The Bertz CT molecular complexity index is 976. The Labute approximate surface area is 188 Å². The molecule has 1 heterocycles. The number of ether oxygens (including phenoxy) is 1. The minimum atomic E-state index is -1.02. The molecule has 0 amide bonds. The van der Waals surface area contributed by atoms with Gasteiger partial charge in [0.15, 0.2) is 17.4 Å². The maximum Gasteiger partial charge on any atom is 0.201 e. The number of rotatable bonds is 12. The molecule has 6 heteroatoms. The van der Waals surface area contributed by atoms with Crippen LogP contribution >= 0.6 is 0 Å². The lowest BCUT2D eigenvalue weighted by atomic mass is 10.1. The third-order valence-corrected chi connectivity index (χ3v) is 5.40. The molecule has 0 unspecified atom stereocenters. The lowest BCUT2D eigenvalue weighted by Gasteiger charge is -2.10. The Hall–Kier alpha value is -3.02. The molecule has 0 aliphatic carbocycles. The molecular weight excluding hydrogens is 410 g/mol. The Morgan fingerprint density at radius 1 is 0.750 bits per heavy atom. The van der Waals surface area contributed by atoms with E-state index < -0.39 is 11.6 Å². The standard InChI is InChI=1S/C26H30F2N2O2/c1-2-3-4-5-6-7-8-9-16-32-23-15-14-22(24(27)25(23)28)26-29-17-20(18-30-26)19-10-12-21(31)13-11-19/h10-15,17-18,31H,2-9,16H2,1H3. The second-order valence-electron chi connectivity index (χ2n) is 7.90. The van der Waals surface area contributed by atoms with E-state index in [0.717, 1.165) is 24.8 Å². The summed E-state index contributed by atoms with van der Waals surface area (Å²) in [5.74, 6) is -1.87. The van der Waals surface area contributed by atoms with Gasteiger partial charge in [0.05, 0.1) is 12.2 Å². The smallest absolute Gasteiger partial charge is 0.201 e. The predicted molar refractivity (Wildman–Crippen MR) is 123 cm³/mol. The number of hydrogen-bond donors (Lipinski definition) is 1. The summed E-state index contributed by atoms with van der Waals surface area (Å²) in [6.07, 6.45) is 12.3. The lowest BCUT2D eigenvalue weighted by molar-refractivity contribution is 0.285. The maximum absolute atomic E-state index is 14.6. The van der Waals surface area contributed by atoms with Crippen molar-refractivity contribution in [2.75, 3.05) is 6.61 Å². The molecular formula is C26H30F2N2O2. The largest absolute Gasteiger partial charge is 0.508 e. The van der Waals surface area contributed by atoms with Gasteiger partial charge in [-0.3, -0.25) is 0 Å². The van der Waals surface area contributed by atoms with Crippen LogP contribution < -0.4 is 4.74 Å². The Kier molecular flexibility index (Phi) is 8.96. The number of aromatic hydroxyl groups is 1. The Morgan fingerprint density at radius 2 is 1.38 bits per heavy atom. The predicted octanol–water partition coefficient (Wildman–Crippen LogP) is 7.31. The quantitative estimate of drug-likeness (QED) is 0.300. The van der Waals surface area contributed by atoms with Gasteiger partial charge in [0.25, 0.3) is 0 Å². The molecule has 32 heavy (non-hydrogen) atoms. The third-order valence-electron chi connectivity index (χ3n) is 5.40. The number of benzene rings is 2. The van der Waals surface area contributed by atoms with Gasteiger partial charge < -0.3 is 9.84 Å². The van der Waals surface area contributed by atoms with Gasteiger partial charge in [-0.25, -0.2) is 14.4 Å². The number of phenolic OH excluding ortho intramolecular Hbond substituents is 1. The molecule has 0 atom stereocenters. The van der Waals surface area contributed by atoms with Gasteiger partial charge in [-0.05, 0) is 36.2 Å². The van der Waals surface area contributed by atoms with E-state index in [2.05, 4.69) is 16.9 Å². The molecule has 0 aliphatic heterocycles. The SMILES string of the molecule is CCCCCCCCCCOc1ccc(-c2ncc(-c3ccc(O)cc3)cn2)c(F)c1F. The van der Waals surface area contributed by atoms with E-state index in [9.17, 15) is 13.9 Å². The Morgan fingerprint density at radius 3 is 2.03 bits per heavy atom. The number of nitrogens with zero attached hydrogens (tertiary/aromatic N) is 2. The topological polar surface area (TPSA) is 55.2 Å². The molecule has 3 rings (SSSR count). The summed E-state index contributed by atoms with van der Waals surface area (Å²) in [6.45, 7) is 2.57. The molecule has 1 aromatic heterocycles. The molecule has 2 aromatic carbocycles. The average Bonchev–Trinajstić information content (AvgIpc) is 2.81. The van der Waals surface area contributed by atoms with Gasteiger partial charge in [0.2, 0.25) is 5.82 Å². The molecule has 0 saturated carbocycles. The number of aromatic nitrogens is 2. The molecule has 170 valence electrons. The minimum Gasteiger partial charge on any atom is -0.508 e. The summed E-state index contributed by atoms with van der Waals surface area (Å²) in [7, 11) is 0. The van der Waals surface area contributed by atoms with Crippen LogP contribution in [-0.2, 0) is 0 Å². The first-order chi connectivity index (χ1) is 15.6. The van der Waals surface area contributed by atoms with Crippen LogP contribution in [0.2, 0.25) is 0 Å². The number of halogens is 2. The van der Waals surface area contributed by atoms with Crippen LogP contribution in [0.4, 0.5) is 8.78 Å². The van der Waals surface area contributed by atoms with Crippen molar-refractivity contribution in [3.05, 3.63) is 60.4 Å². The zero-order chi connectivity index (χ0) is 22.8. The van der Waals surface area contributed by atoms with E-state index in [1.54, 1.807) is 36.7 Å². The van der Waals surface area contributed by atoms with Gasteiger partial charge in [0.1, 0.15) is 5.75 Å². The van der Waals surface area contributed by atoms with E-state index in [1.807, 2.05) is 0 Å². The summed E-state index contributed by atoms with van der Waals surface area (Å²) in [5.41, 5.74) is 1.50. The molecule has 0 aliphatic rings. The number of hydrogen-bond acceptors (Lipinski definition) is 4. The molecule has 3 aromatic rings. The fourth-order valence-electron chi connectivity index (χ4n) is 3.50. The van der Waals surface area contributed by atoms with Crippen LogP contribution in [0.25, 0.3) is 22.5 Å². The molecule has 0 bridgehead atoms. The molecule has 0 saturated heterocycles. The molecule has 1 N–H and O–H groups in total. The second kappa shape index (κ2) is 12.1. The van der Waals surface area contributed by atoms with Crippen molar-refractivity contribution in [2.24, 2.45) is 0 Å². The zero-order valence-corrected chi connectivity index (χ0v) is 18.5. The van der Waals surface area contributed by atoms with Gasteiger partial charge in [-0.2, -0.15) is 4.39 Å². The van der Waals surface area contributed by atoms with Crippen molar-refractivity contribution in [3.63, 3.8) is 0 Å². The zero-order valence-electron chi connectivity index (χ0n) is 18.5. The monoisotopic (exact) mass is 440 g/mol. The van der Waals surface area contributed by atoms with Gasteiger partial charge in [0, 0.05) is 18.0 Å². The summed E-state index contributed by atoms with van der Waals surface area (Å²) in [4.78, 5) is 8.36. The minimum absolute atomic E-state index is 0.0146. The van der Waals surface area contributed by atoms with E-state index in [4.69, 9.17) is 4.74 Å². The van der Waals surface area contributed by atoms with E-state index in [-0.39, 0.29) is 22.9 Å². The first-order valence-corrected chi connectivity index (χ1v) is 11.3. The first-order valence-electron chi connectivity index (χ1n) is 11.3. The fraction of sp³-hybridized carbons (Fsp3) is 0.385. The first kappa shape index (κ1) is 23.6. The van der Waals surface area contributed by atoms with Crippen LogP contribution in [0.1, 0.15) is 58.3 Å². The lowest BCUT2D eigenvalue weighted by Crippen LogP contribution is -2.02. The van der Waals surface area contributed by atoms with Crippen molar-refractivity contribution in [1.82, 2.24) is 9.97 Å². The molecule has 0 spiro atoms. The summed E-state index contributed by atoms with van der Waals surface area (Å²) in [6, 6.07) is 9.45. The summed E-state index contributed by atoms with van der Waals surface area (Å²) >= 11 is 0. The maximum atomic E-state index is 14.6. The highest BCUT2D eigenvalue weighted by Crippen LogP contribution is 2.29. The third kappa shape index (κ3) is 6.49. The van der Waals surface area contributed by atoms with Crippen molar-refractivity contribution >= 4 is 0 Å². The molecule has 4 nitrogen and oxygen atoms in total. The number of unbranched alkanes of at least 4 members (excludes halogenated alkanes) is 7. The van der Waals surface area contributed by atoms with Gasteiger partial charge >= 0.3 is 0 Å². The van der Waals surface area contributed by atoms with Crippen molar-refractivity contribution in [2.45, 2.75) is 58.3 Å². The van der Waals surface area contributed by atoms with Crippen LogP contribution in [0, 0.1) is 11.6 Å². The van der Waals surface area contributed by atoms with Crippen LogP contribution in [-0.4, -0.2) is 21.7 Å². The van der Waals surface area contributed by atoms with E-state index >= 15 is 0 Å². The highest BCUT2D eigenvalue weighted by atomic mass is 19.2. The highest BCUT2D eigenvalue weighted by Gasteiger charge is 2.17. The van der Waals surface area contributed by atoms with Crippen LogP contribution in [0.5, 0.6) is 11.5 Å². The summed E-state index contributed by atoms with van der Waals surface area (Å²) < 4.78 is 34.6. The molecule has 0 fully saturated rings. The van der Waals surface area contributed by atoms with Crippen LogP contribution in [0.15, 0.2) is 48.8 Å². The van der Waals surface area contributed by atoms with Gasteiger partial charge in [-0.15, -0.1) is 0 Å². The van der Waals surface area contributed by atoms with Crippen molar-refractivity contribution in [3.8, 4) is 34.0 Å². The molecule has 0 radical (unpaired) electrons. The Balaban J connectivity index is 1.54. The van der Waals surface area contributed by atoms with Crippen LogP contribution in [0.3, 0.4) is 0 Å².